The van der Waals surface area contributed by atoms with Gasteiger partial charge in [0.25, 0.3) is 0 Å². The summed E-state index contributed by atoms with van der Waals surface area (Å²) in [7, 11) is 1.37. The Balaban J connectivity index is 2.11. The molecule has 3 rings (SSSR count). The molecular formula is C20H23ClN2O3. The number of halogens is 1. The van der Waals surface area contributed by atoms with Crippen LogP contribution in [0.25, 0.3) is 0 Å². The number of benzene rings is 1. The van der Waals surface area contributed by atoms with Crippen molar-refractivity contribution in [2.45, 2.75) is 40.2 Å². The van der Waals surface area contributed by atoms with E-state index in [4.69, 9.17) is 21.1 Å². The van der Waals surface area contributed by atoms with Crippen molar-refractivity contribution in [1.82, 2.24) is 4.98 Å². The Morgan fingerprint density at radius 1 is 1.27 bits per heavy atom. The summed E-state index contributed by atoms with van der Waals surface area (Å²) in [5.41, 5.74) is 3.73. The molecule has 1 aromatic heterocycles. The van der Waals surface area contributed by atoms with Gasteiger partial charge in [0, 0.05) is 23.3 Å². The van der Waals surface area contributed by atoms with Gasteiger partial charge >= 0.3 is 5.97 Å². The van der Waals surface area contributed by atoms with Crippen LogP contribution in [0, 0.1) is 20.8 Å². The number of hydrogen-bond acceptors (Lipinski definition) is 5. The zero-order valence-electron chi connectivity index (χ0n) is 15.7. The highest BCUT2D eigenvalue weighted by molar-refractivity contribution is 6.30. The van der Waals surface area contributed by atoms with Gasteiger partial charge in [-0.2, -0.15) is 0 Å². The van der Waals surface area contributed by atoms with Crippen LogP contribution in [0.1, 0.15) is 40.5 Å². The van der Waals surface area contributed by atoms with Gasteiger partial charge in [-0.3, -0.25) is 0 Å². The zero-order valence-corrected chi connectivity index (χ0v) is 16.5. The Hall–Kier alpha value is -2.27. The second kappa shape index (κ2) is 7.16. The molecule has 26 heavy (non-hydrogen) atoms. The van der Waals surface area contributed by atoms with Crippen molar-refractivity contribution in [3.05, 3.63) is 45.6 Å². The summed E-state index contributed by atoms with van der Waals surface area (Å²) < 4.78 is 11.1. The molecule has 1 unspecified atom stereocenters. The Morgan fingerprint density at radius 2 is 1.92 bits per heavy atom. The summed E-state index contributed by atoms with van der Waals surface area (Å²) in [5.74, 6) is 0.470. The van der Waals surface area contributed by atoms with Crippen molar-refractivity contribution in [3.63, 3.8) is 0 Å². The molecule has 1 aromatic carbocycles. The minimum absolute atomic E-state index is 0.266. The number of aromatic nitrogens is 1. The molecule has 0 radical (unpaired) electrons. The van der Waals surface area contributed by atoms with Gasteiger partial charge < -0.3 is 14.4 Å². The highest BCUT2D eigenvalue weighted by atomic mass is 35.5. The van der Waals surface area contributed by atoms with E-state index < -0.39 is 5.97 Å². The van der Waals surface area contributed by atoms with Crippen LogP contribution >= 0.6 is 11.6 Å². The van der Waals surface area contributed by atoms with E-state index in [0.29, 0.717) is 22.4 Å². The summed E-state index contributed by atoms with van der Waals surface area (Å²) in [4.78, 5) is 19.2. The first-order valence-electron chi connectivity index (χ1n) is 8.66. The van der Waals surface area contributed by atoms with Gasteiger partial charge in [-0.05, 0) is 56.5 Å². The number of rotatable bonds is 5. The summed E-state index contributed by atoms with van der Waals surface area (Å²) in [5, 5.41) is 0.647. The van der Waals surface area contributed by atoms with Gasteiger partial charge in [0.2, 0.25) is 5.88 Å². The fraction of sp³-hybridized carbons (Fsp3) is 0.400. The van der Waals surface area contributed by atoms with Crippen LogP contribution in [0.3, 0.4) is 0 Å². The normalized spacial score (nSPS) is 15.8. The third-order valence-corrected chi connectivity index (χ3v) is 4.82. The molecule has 2 heterocycles. The first-order valence-corrected chi connectivity index (χ1v) is 9.04. The minimum atomic E-state index is -0.450. The summed E-state index contributed by atoms with van der Waals surface area (Å²) in [6.45, 7) is 8.78. The van der Waals surface area contributed by atoms with Crippen molar-refractivity contribution in [2.24, 2.45) is 0 Å². The molecule has 0 spiro atoms. The first-order chi connectivity index (χ1) is 12.3. The van der Waals surface area contributed by atoms with Gasteiger partial charge in [-0.15, -0.1) is 0 Å². The number of aryl methyl sites for hydroxylation is 3. The van der Waals surface area contributed by atoms with E-state index in [0.717, 1.165) is 35.5 Å². The second-order valence-corrected chi connectivity index (χ2v) is 7.08. The molecular weight excluding hydrogens is 352 g/mol. The minimum Gasteiger partial charge on any atom is -0.465 e. The Bertz CT molecular complexity index is 843. The summed E-state index contributed by atoms with van der Waals surface area (Å²) in [6, 6.07) is 6.01. The number of anilines is 1. The molecule has 0 saturated carbocycles. The number of carbonyl (C=O) groups excluding carboxylic acids is 1. The molecule has 138 valence electrons. The molecule has 1 aliphatic rings. The van der Waals surface area contributed by atoms with E-state index in [1.807, 2.05) is 39.0 Å². The van der Waals surface area contributed by atoms with Crippen molar-refractivity contribution in [1.29, 1.82) is 0 Å². The molecule has 1 aliphatic heterocycles. The smallest absolute Gasteiger partial charge is 0.345 e. The fourth-order valence-corrected chi connectivity index (χ4v) is 3.53. The molecule has 0 aliphatic carbocycles. The predicted molar refractivity (Wildman–Crippen MR) is 103 cm³/mol. The molecule has 1 saturated heterocycles. The molecule has 1 atom stereocenters. The van der Waals surface area contributed by atoms with E-state index in [1.54, 1.807) is 0 Å². The molecule has 0 bridgehead atoms. The van der Waals surface area contributed by atoms with Crippen molar-refractivity contribution >= 4 is 23.3 Å². The van der Waals surface area contributed by atoms with Crippen LogP contribution in [-0.4, -0.2) is 30.6 Å². The maximum Gasteiger partial charge on any atom is 0.345 e. The molecule has 5 nitrogen and oxygen atoms in total. The van der Waals surface area contributed by atoms with E-state index >= 15 is 0 Å². The van der Waals surface area contributed by atoms with Crippen LogP contribution in [0.2, 0.25) is 5.02 Å². The van der Waals surface area contributed by atoms with Gasteiger partial charge in [-0.1, -0.05) is 18.5 Å². The monoisotopic (exact) mass is 374 g/mol. The largest absolute Gasteiger partial charge is 0.465 e. The van der Waals surface area contributed by atoms with Crippen LogP contribution in [-0.2, 0) is 4.74 Å². The maximum absolute atomic E-state index is 12.5. The van der Waals surface area contributed by atoms with E-state index in [-0.39, 0.29) is 5.88 Å². The zero-order chi connectivity index (χ0) is 19.0. The summed E-state index contributed by atoms with van der Waals surface area (Å²) >= 11 is 6.11. The third-order valence-electron chi connectivity index (χ3n) is 4.60. The highest BCUT2D eigenvalue weighted by Gasteiger charge is 2.37. The van der Waals surface area contributed by atoms with Crippen molar-refractivity contribution < 1.29 is 14.3 Å². The molecule has 2 aromatic rings. The SMILES string of the molecule is CCC1CN1c1cc(C)nc(Oc2c(C)cc(Cl)cc2C)c1C(=O)OC. The van der Waals surface area contributed by atoms with Crippen LogP contribution in [0.4, 0.5) is 5.69 Å². The topological polar surface area (TPSA) is 51.4 Å². The van der Waals surface area contributed by atoms with Crippen molar-refractivity contribution in [3.8, 4) is 11.6 Å². The highest BCUT2D eigenvalue weighted by Crippen LogP contribution is 2.40. The Labute approximate surface area is 158 Å². The van der Waals surface area contributed by atoms with E-state index in [1.165, 1.54) is 7.11 Å². The predicted octanol–water partition coefficient (Wildman–Crippen LogP) is 4.84. The first kappa shape index (κ1) is 18.5. The lowest BCUT2D eigenvalue weighted by Crippen LogP contribution is -2.12. The van der Waals surface area contributed by atoms with Gasteiger partial charge in [0.15, 0.2) is 0 Å². The van der Waals surface area contributed by atoms with E-state index in [2.05, 4.69) is 16.8 Å². The number of carbonyl (C=O) groups is 1. The summed E-state index contributed by atoms with van der Waals surface area (Å²) in [6.07, 6.45) is 1.02. The molecule has 1 fully saturated rings. The number of nitrogens with zero attached hydrogens (tertiary/aromatic N) is 2. The molecule has 6 heteroatoms. The number of hydrogen-bond donors (Lipinski definition) is 0. The second-order valence-electron chi connectivity index (χ2n) is 6.64. The Morgan fingerprint density at radius 3 is 2.46 bits per heavy atom. The lowest BCUT2D eigenvalue weighted by Gasteiger charge is -2.18. The van der Waals surface area contributed by atoms with Crippen LogP contribution in [0.15, 0.2) is 18.2 Å². The Kier molecular flexibility index (Phi) is 5.10. The average molecular weight is 375 g/mol. The van der Waals surface area contributed by atoms with Crippen molar-refractivity contribution in [2.75, 3.05) is 18.6 Å². The number of methoxy groups -OCH3 is 1. The molecule has 0 amide bonds. The number of esters is 1. The van der Waals surface area contributed by atoms with E-state index in [9.17, 15) is 4.79 Å². The average Bonchev–Trinajstić information content (AvgIpc) is 3.36. The fourth-order valence-electron chi connectivity index (χ4n) is 3.20. The van der Waals surface area contributed by atoms with Gasteiger partial charge in [0.1, 0.15) is 11.3 Å². The van der Waals surface area contributed by atoms with Gasteiger partial charge in [0.05, 0.1) is 12.8 Å². The molecule has 0 N–H and O–H groups in total. The maximum atomic E-state index is 12.5. The number of pyridine rings is 1. The lowest BCUT2D eigenvalue weighted by atomic mass is 10.1. The van der Waals surface area contributed by atoms with Crippen LogP contribution in [0.5, 0.6) is 11.6 Å². The number of ether oxygens (including phenoxy) is 2. The van der Waals surface area contributed by atoms with Crippen LogP contribution < -0.4 is 9.64 Å². The lowest BCUT2D eigenvalue weighted by molar-refractivity contribution is 0.0598. The third kappa shape index (κ3) is 3.49. The van der Waals surface area contributed by atoms with Gasteiger partial charge in [-0.25, -0.2) is 9.78 Å². The quantitative estimate of drug-likeness (QED) is 0.553. The standard InChI is InChI=1S/C20H23ClN2O3/c1-6-15-10-23(15)16-9-13(4)22-19(17(16)20(24)25-5)26-18-11(2)7-14(21)8-12(18)3/h7-9,15H,6,10H2,1-5H3.